The number of carbonyl (C=O) groups excluding carboxylic acids is 2. The second-order valence-electron chi connectivity index (χ2n) is 6.52. The largest absolute Gasteiger partial charge is 0.457 e. The minimum absolute atomic E-state index is 0.0702. The molecule has 19 heavy (non-hydrogen) atoms. The van der Waals surface area contributed by atoms with Crippen LogP contribution in [0.2, 0.25) is 0 Å². The molecule has 3 rings (SSSR count). The van der Waals surface area contributed by atoms with E-state index < -0.39 is 17.6 Å². The lowest BCUT2D eigenvalue weighted by Crippen LogP contribution is -2.45. The van der Waals surface area contributed by atoms with E-state index in [0.29, 0.717) is 17.9 Å². The van der Waals surface area contributed by atoms with Crippen LogP contribution < -0.4 is 0 Å². The maximum atomic E-state index is 12.4. The Morgan fingerprint density at radius 2 is 2.05 bits per heavy atom. The predicted molar refractivity (Wildman–Crippen MR) is 68.1 cm³/mol. The van der Waals surface area contributed by atoms with Crippen LogP contribution in [-0.4, -0.2) is 29.1 Å². The molecule has 1 N–H and O–H groups in total. The first-order chi connectivity index (χ1) is 8.87. The van der Waals surface area contributed by atoms with Gasteiger partial charge in [-0.3, -0.25) is 4.79 Å². The van der Waals surface area contributed by atoms with Gasteiger partial charge in [-0.05, 0) is 38.0 Å². The van der Waals surface area contributed by atoms with E-state index in [1.165, 1.54) is 0 Å². The minimum Gasteiger partial charge on any atom is -0.457 e. The van der Waals surface area contributed by atoms with Crippen LogP contribution in [0, 0.1) is 23.2 Å². The van der Waals surface area contributed by atoms with E-state index in [9.17, 15) is 14.7 Å². The number of aliphatic hydroxyl groups excluding tert-OH is 1. The molecule has 2 saturated carbocycles. The number of ether oxygens (including phenoxy) is 1. The molecule has 3 aliphatic rings. The first-order valence-corrected chi connectivity index (χ1v) is 6.99. The van der Waals surface area contributed by atoms with Crippen molar-refractivity contribution in [1.82, 2.24) is 0 Å². The standard InChI is InChI=1S/C15H20O4/c1-7-4-5-9-8(2)14(18)19-13(9)15(3)10(7)6-11(16)12(15)17/h7,9-11,13,16H,2,4-6H2,1,3H3/t7-,9-,10-,11+,13+,15-/m0/s1. The van der Waals surface area contributed by atoms with Gasteiger partial charge in [0.2, 0.25) is 0 Å². The quantitative estimate of drug-likeness (QED) is 0.531. The first-order valence-electron chi connectivity index (χ1n) is 6.99. The van der Waals surface area contributed by atoms with E-state index in [4.69, 9.17) is 4.74 Å². The number of fused-ring (bicyclic) bond motifs is 3. The van der Waals surface area contributed by atoms with E-state index >= 15 is 0 Å². The summed E-state index contributed by atoms with van der Waals surface area (Å²) in [5, 5.41) is 9.94. The normalized spacial score (nSPS) is 49.6. The highest BCUT2D eigenvalue weighted by Crippen LogP contribution is 2.56. The number of Topliss-reactive ketones (excluding diaryl/α,β-unsaturated/α-hetero) is 1. The molecule has 0 amide bonds. The Balaban J connectivity index is 2.08. The second kappa shape index (κ2) is 3.92. The van der Waals surface area contributed by atoms with Gasteiger partial charge in [-0.15, -0.1) is 0 Å². The molecule has 0 bridgehead atoms. The molecule has 3 fully saturated rings. The van der Waals surface area contributed by atoms with E-state index in [0.717, 1.165) is 12.8 Å². The molecule has 1 aliphatic heterocycles. The zero-order chi connectivity index (χ0) is 13.9. The molecule has 104 valence electrons. The Kier molecular flexibility index (Phi) is 2.65. The summed E-state index contributed by atoms with van der Waals surface area (Å²) in [7, 11) is 0. The molecule has 4 heteroatoms. The maximum absolute atomic E-state index is 12.4. The highest BCUT2D eigenvalue weighted by molar-refractivity contribution is 5.95. The van der Waals surface area contributed by atoms with Crippen molar-refractivity contribution in [1.29, 1.82) is 0 Å². The fraction of sp³-hybridized carbons (Fsp3) is 0.733. The molecule has 6 atom stereocenters. The topological polar surface area (TPSA) is 63.6 Å². The third-order valence-corrected chi connectivity index (χ3v) is 5.60. The third kappa shape index (κ3) is 1.49. The molecule has 0 radical (unpaired) electrons. The molecule has 0 aromatic carbocycles. The zero-order valence-corrected chi connectivity index (χ0v) is 11.4. The molecule has 1 heterocycles. The third-order valence-electron chi connectivity index (χ3n) is 5.60. The molecule has 0 aromatic rings. The van der Waals surface area contributed by atoms with E-state index in [1.54, 1.807) is 0 Å². The summed E-state index contributed by atoms with van der Waals surface area (Å²) in [6.45, 7) is 7.81. The molecule has 2 aliphatic carbocycles. The summed E-state index contributed by atoms with van der Waals surface area (Å²) in [6, 6.07) is 0. The van der Waals surface area contributed by atoms with Gasteiger partial charge < -0.3 is 9.84 Å². The van der Waals surface area contributed by atoms with Crippen LogP contribution in [0.4, 0.5) is 0 Å². The number of rotatable bonds is 0. The summed E-state index contributed by atoms with van der Waals surface area (Å²) in [4.78, 5) is 24.2. The van der Waals surface area contributed by atoms with Crippen molar-refractivity contribution < 1.29 is 19.4 Å². The van der Waals surface area contributed by atoms with E-state index in [2.05, 4.69) is 13.5 Å². The molecule has 4 nitrogen and oxygen atoms in total. The van der Waals surface area contributed by atoms with Crippen molar-refractivity contribution in [3.8, 4) is 0 Å². The number of aliphatic hydroxyl groups is 1. The van der Waals surface area contributed by atoms with Gasteiger partial charge in [0.15, 0.2) is 5.78 Å². The number of carbonyl (C=O) groups is 2. The van der Waals surface area contributed by atoms with E-state index in [-0.39, 0.29) is 23.6 Å². The van der Waals surface area contributed by atoms with Crippen LogP contribution in [-0.2, 0) is 14.3 Å². The lowest BCUT2D eigenvalue weighted by atomic mass is 9.68. The van der Waals surface area contributed by atoms with Gasteiger partial charge in [-0.2, -0.15) is 0 Å². The van der Waals surface area contributed by atoms with Gasteiger partial charge >= 0.3 is 5.97 Å². The summed E-state index contributed by atoms with van der Waals surface area (Å²) in [5.74, 6) is -0.173. The molecular formula is C15H20O4. The Morgan fingerprint density at radius 1 is 1.37 bits per heavy atom. The second-order valence-corrected chi connectivity index (χ2v) is 6.52. The molecule has 0 spiro atoms. The highest BCUT2D eigenvalue weighted by Gasteiger charge is 2.63. The van der Waals surface area contributed by atoms with E-state index in [1.807, 2.05) is 6.92 Å². The first kappa shape index (κ1) is 12.9. The Labute approximate surface area is 112 Å². The van der Waals surface area contributed by atoms with Crippen molar-refractivity contribution in [3.63, 3.8) is 0 Å². The molecule has 0 unspecified atom stereocenters. The Morgan fingerprint density at radius 3 is 2.74 bits per heavy atom. The fourth-order valence-corrected chi connectivity index (χ4v) is 4.43. The highest BCUT2D eigenvalue weighted by atomic mass is 16.6. The average Bonchev–Trinajstić information content (AvgIpc) is 2.74. The maximum Gasteiger partial charge on any atom is 0.334 e. The van der Waals surface area contributed by atoms with Gasteiger partial charge in [0.05, 0.1) is 5.41 Å². The predicted octanol–water partition coefficient (Wildman–Crippen LogP) is 1.47. The number of hydrogen-bond donors (Lipinski definition) is 1. The summed E-state index contributed by atoms with van der Waals surface area (Å²) < 4.78 is 5.47. The summed E-state index contributed by atoms with van der Waals surface area (Å²) >= 11 is 0. The number of hydrogen-bond acceptors (Lipinski definition) is 4. The molecular weight excluding hydrogens is 244 g/mol. The van der Waals surface area contributed by atoms with Crippen LogP contribution in [0.25, 0.3) is 0 Å². The van der Waals surface area contributed by atoms with Crippen LogP contribution in [0.15, 0.2) is 12.2 Å². The van der Waals surface area contributed by atoms with Crippen molar-refractivity contribution in [2.24, 2.45) is 23.2 Å². The lowest BCUT2D eigenvalue weighted by Gasteiger charge is -2.36. The SMILES string of the molecule is C=C1C(=O)O[C@@H]2[C@H]1CC[C@H](C)[C@@H]1C[C@@H](O)C(=O)[C@@]21C. The van der Waals surface area contributed by atoms with Crippen LogP contribution in [0.5, 0.6) is 0 Å². The smallest absolute Gasteiger partial charge is 0.334 e. The van der Waals surface area contributed by atoms with Crippen LogP contribution in [0.3, 0.4) is 0 Å². The monoisotopic (exact) mass is 264 g/mol. The van der Waals surface area contributed by atoms with Crippen molar-refractivity contribution in [2.75, 3.05) is 0 Å². The average molecular weight is 264 g/mol. The van der Waals surface area contributed by atoms with Gasteiger partial charge in [0.25, 0.3) is 0 Å². The van der Waals surface area contributed by atoms with Gasteiger partial charge in [0, 0.05) is 11.5 Å². The van der Waals surface area contributed by atoms with Gasteiger partial charge in [0.1, 0.15) is 12.2 Å². The number of esters is 1. The Hall–Kier alpha value is -1.16. The van der Waals surface area contributed by atoms with Crippen LogP contribution in [0.1, 0.15) is 33.1 Å². The van der Waals surface area contributed by atoms with Gasteiger partial charge in [-0.25, -0.2) is 4.79 Å². The minimum atomic E-state index is -0.913. The fourth-order valence-electron chi connectivity index (χ4n) is 4.43. The van der Waals surface area contributed by atoms with Crippen molar-refractivity contribution in [2.45, 2.75) is 45.3 Å². The molecule has 1 saturated heterocycles. The van der Waals surface area contributed by atoms with Crippen molar-refractivity contribution >= 4 is 11.8 Å². The lowest BCUT2D eigenvalue weighted by molar-refractivity contribution is -0.153. The Bertz CT molecular complexity index is 469. The number of ketones is 1. The zero-order valence-electron chi connectivity index (χ0n) is 11.4. The van der Waals surface area contributed by atoms with Crippen LogP contribution >= 0.6 is 0 Å². The summed E-state index contributed by atoms with van der Waals surface area (Å²) in [6.07, 6.45) is 0.919. The summed E-state index contributed by atoms with van der Waals surface area (Å²) in [5.41, 5.74) is -0.261. The van der Waals surface area contributed by atoms with Crippen molar-refractivity contribution in [3.05, 3.63) is 12.2 Å². The molecule has 0 aromatic heterocycles. The van der Waals surface area contributed by atoms with Gasteiger partial charge in [-0.1, -0.05) is 13.5 Å².